The van der Waals surface area contributed by atoms with E-state index in [-0.39, 0.29) is 11.6 Å². The second-order valence-electron chi connectivity index (χ2n) is 4.86. The van der Waals surface area contributed by atoms with Crippen LogP contribution in [0.3, 0.4) is 0 Å². The van der Waals surface area contributed by atoms with Crippen molar-refractivity contribution in [1.29, 1.82) is 0 Å². The van der Waals surface area contributed by atoms with E-state index in [1.54, 1.807) is 31.2 Å². The Bertz CT molecular complexity index is 814. The third kappa shape index (κ3) is 2.77. The van der Waals surface area contributed by atoms with Crippen molar-refractivity contribution >= 4 is 11.0 Å². The monoisotopic (exact) mass is 306 g/mol. The van der Waals surface area contributed by atoms with Crippen LogP contribution in [0.4, 0.5) is 13.2 Å². The Hall–Kier alpha value is -2.50. The van der Waals surface area contributed by atoms with Gasteiger partial charge in [-0.3, -0.25) is 0 Å². The van der Waals surface area contributed by atoms with E-state index >= 15 is 0 Å². The number of halogens is 3. The van der Waals surface area contributed by atoms with Gasteiger partial charge in [-0.25, -0.2) is 9.37 Å². The fourth-order valence-electron chi connectivity index (χ4n) is 2.44. The third-order valence-electron chi connectivity index (χ3n) is 3.42. The zero-order chi connectivity index (χ0) is 15.7. The van der Waals surface area contributed by atoms with Crippen LogP contribution < -0.4 is 4.74 Å². The fourth-order valence-corrected chi connectivity index (χ4v) is 2.44. The molecule has 1 aromatic heterocycles. The lowest BCUT2D eigenvalue weighted by Crippen LogP contribution is -2.08. The molecule has 6 heteroatoms. The van der Waals surface area contributed by atoms with E-state index in [0.717, 1.165) is 5.52 Å². The fraction of sp³-hybridized carbons (Fsp3) is 0.188. The molecule has 0 amide bonds. The maximum atomic E-state index is 13.3. The van der Waals surface area contributed by atoms with E-state index in [9.17, 15) is 13.2 Å². The Labute approximate surface area is 125 Å². The van der Waals surface area contributed by atoms with Crippen molar-refractivity contribution in [1.82, 2.24) is 9.55 Å². The van der Waals surface area contributed by atoms with Gasteiger partial charge >= 0.3 is 6.61 Å². The van der Waals surface area contributed by atoms with Gasteiger partial charge in [-0.1, -0.05) is 18.2 Å². The molecular weight excluding hydrogens is 293 g/mol. The summed E-state index contributed by atoms with van der Waals surface area (Å²) in [6.07, 6.45) is 0. The summed E-state index contributed by atoms with van der Waals surface area (Å²) in [6, 6.07) is 10.9. The molecule has 0 aliphatic heterocycles. The molecule has 0 bridgehead atoms. The van der Waals surface area contributed by atoms with Gasteiger partial charge in [0.25, 0.3) is 0 Å². The summed E-state index contributed by atoms with van der Waals surface area (Å²) in [4.78, 5) is 4.29. The van der Waals surface area contributed by atoms with Crippen molar-refractivity contribution in [3.63, 3.8) is 0 Å². The zero-order valence-electron chi connectivity index (χ0n) is 11.8. The van der Waals surface area contributed by atoms with E-state index in [2.05, 4.69) is 9.72 Å². The first kappa shape index (κ1) is 14.4. The van der Waals surface area contributed by atoms with Gasteiger partial charge in [0.1, 0.15) is 17.4 Å². The van der Waals surface area contributed by atoms with Crippen LogP contribution in [0, 0.1) is 12.7 Å². The number of aromatic nitrogens is 2. The molecule has 22 heavy (non-hydrogen) atoms. The summed E-state index contributed by atoms with van der Waals surface area (Å²) in [6.45, 7) is -0.776. The van der Waals surface area contributed by atoms with Crippen LogP contribution in [0.2, 0.25) is 0 Å². The number of benzene rings is 2. The molecule has 0 unspecified atom stereocenters. The minimum absolute atomic E-state index is 0.126. The number of nitrogens with zero attached hydrogens (tertiary/aromatic N) is 2. The molecule has 0 saturated carbocycles. The van der Waals surface area contributed by atoms with Gasteiger partial charge in [-0.05, 0) is 25.1 Å². The van der Waals surface area contributed by atoms with Crippen LogP contribution in [-0.4, -0.2) is 16.2 Å². The number of alkyl halides is 2. The molecule has 1 heterocycles. The second-order valence-corrected chi connectivity index (χ2v) is 4.86. The first-order chi connectivity index (χ1) is 10.5. The zero-order valence-corrected chi connectivity index (χ0v) is 11.8. The summed E-state index contributed by atoms with van der Waals surface area (Å²) in [5, 5.41) is 0. The lowest BCUT2D eigenvalue weighted by molar-refractivity contribution is -0.0504. The lowest BCUT2D eigenvalue weighted by Gasteiger charge is -2.12. The first-order valence-corrected chi connectivity index (χ1v) is 6.69. The number of hydrogen-bond donors (Lipinski definition) is 0. The minimum Gasteiger partial charge on any atom is -0.434 e. The molecule has 2 aromatic carbocycles. The highest BCUT2D eigenvalue weighted by Crippen LogP contribution is 2.24. The van der Waals surface area contributed by atoms with Crippen molar-refractivity contribution in [2.75, 3.05) is 0 Å². The maximum absolute atomic E-state index is 13.3. The summed E-state index contributed by atoms with van der Waals surface area (Å²) in [5.41, 5.74) is 1.88. The molecule has 0 aliphatic carbocycles. The number of ether oxygens (including phenoxy) is 1. The number of aryl methyl sites for hydroxylation is 1. The molecule has 0 saturated heterocycles. The van der Waals surface area contributed by atoms with Gasteiger partial charge in [0.2, 0.25) is 0 Å². The number of rotatable bonds is 4. The average molecular weight is 306 g/mol. The molecule has 0 radical (unpaired) electrons. The Morgan fingerprint density at radius 3 is 2.73 bits per heavy atom. The van der Waals surface area contributed by atoms with Gasteiger partial charge in [0.05, 0.1) is 17.6 Å². The van der Waals surface area contributed by atoms with Crippen molar-refractivity contribution in [3.8, 4) is 5.75 Å². The molecule has 0 fully saturated rings. The highest BCUT2D eigenvalue weighted by molar-refractivity contribution is 5.76. The first-order valence-electron chi connectivity index (χ1n) is 6.69. The van der Waals surface area contributed by atoms with Gasteiger partial charge in [-0.15, -0.1) is 0 Å². The van der Waals surface area contributed by atoms with Crippen LogP contribution in [0.1, 0.15) is 11.4 Å². The number of imidazole rings is 1. The molecular formula is C16H13F3N2O. The van der Waals surface area contributed by atoms with Crippen molar-refractivity contribution < 1.29 is 17.9 Å². The van der Waals surface area contributed by atoms with E-state index in [4.69, 9.17) is 0 Å². The van der Waals surface area contributed by atoms with E-state index in [1.807, 2.05) is 4.57 Å². The van der Waals surface area contributed by atoms with Crippen molar-refractivity contribution in [3.05, 3.63) is 59.7 Å². The molecule has 0 N–H and O–H groups in total. The van der Waals surface area contributed by atoms with E-state index in [1.165, 1.54) is 18.2 Å². The topological polar surface area (TPSA) is 27.1 Å². The number of hydrogen-bond acceptors (Lipinski definition) is 2. The number of fused-ring (bicyclic) bond motifs is 1. The Balaban J connectivity index is 2.02. The normalized spacial score (nSPS) is 11.3. The Kier molecular flexibility index (Phi) is 3.75. The highest BCUT2D eigenvalue weighted by atomic mass is 19.3. The standard InChI is InChI=1S/C16H13F3N2O/c1-10-20-13-8-12(17)6-7-14(13)21(10)9-11-4-2-3-5-15(11)22-16(18)19/h2-8,16H,9H2,1H3. The van der Waals surface area contributed by atoms with Crippen LogP contribution in [0.25, 0.3) is 11.0 Å². The predicted molar refractivity (Wildman–Crippen MR) is 76.6 cm³/mol. The van der Waals surface area contributed by atoms with Gasteiger partial charge in [-0.2, -0.15) is 8.78 Å². The minimum atomic E-state index is -2.88. The lowest BCUT2D eigenvalue weighted by atomic mass is 10.2. The van der Waals surface area contributed by atoms with Crippen LogP contribution >= 0.6 is 0 Å². The molecule has 0 spiro atoms. The molecule has 0 aliphatic rings. The average Bonchev–Trinajstić information content (AvgIpc) is 2.75. The summed E-state index contributed by atoms with van der Waals surface area (Å²) in [5.74, 6) is 0.437. The molecule has 0 atom stereocenters. The molecule has 114 valence electrons. The molecule has 3 rings (SSSR count). The van der Waals surface area contributed by atoms with Crippen molar-refractivity contribution in [2.24, 2.45) is 0 Å². The third-order valence-corrected chi connectivity index (χ3v) is 3.42. The van der Waals surface area contributed by atoms with Gasteiger partial charge in [0, 0.05) is 11.6 Å². The van der Waals surface area contributed by atoms with Crippen LogP contribution in [0.15, 0.2) is 42.5 Å². The SMILES string of the molecule is Cc1nc2cc(F)ccc2n1Cc1ccccc1OC(F)F. The summed E-state index contributed by atoms with van der Waals surface area (Å²) in [7, 11) is 0. The van der Waals surface area contributed by atoms with Gasteiger partial charge < -0.3 is 9.30 Å². The second kappa shape index (κ2) is 5.71. The summed E-state index contributed by atoms with van der Waals surface area (Å²) < 4.78 is 44.6. The Morgan fingerprint density at radius 1 is 1.18 bits per heavy atom. The molecule has 3 aromatic rings. The van der Waals surface area contributed by atoms with Crippen molar-refractivity contribution in [2.45, 2.75) is 20.1 Å². The molecule has 3 nitrogen and oxygen atoms in total. The van der Waals surface area contributed by atoms with E-state index in [0.29, 0.717) is 23.4 Å². The smallest absolute Gasteiger partial charge is 0.387 e. The largest absolute Gasteiger partial charge is 0.434 e. The predicted octanol–water partition coefficient (Wildman–Crippen LogP) is 4.13. The Morgan fingerprint density at radius 2 is 1.95 bits per heavy atom. The quantitative estimate of drug-likeness (QED) is 0.724. The maximum Gasteiger partial charge on any atom is 0.387 e. The van der Waals surface area contributed by atoms with E-state index < -0.39 is 6.61 Å². The van der Waals surface area contributed by atoms with Crippen LogP contribution in [-0.2, 0) is 6.54 Å². The van der Waals surface area contributed by atoms with Crippen LogP contribution in [0.5, 0.6) is 5.75 Å². The number of para-hydroxylation sites is 1. The summed E-state index contributed by atoms with van der Waals surface area (Å²) >= 11 is 0. The van der Waals surface area contributed by atoms with Gasteiger partial charge in [0.15, 0.2) is 0 Å². The highest BCUT2D eigenvalue weighted by Gasteiger charge is 2.13.